The number of aryl methyl sites for hydroxylation is 1. The fraction of sp³-hybridized carbons (Fsp3) is 0.417. The van der Waals surface area contributed by atoms with Gasteiger partial charge >= 0.3 is 0 Å². The van der Waals surface area contributed by atoms with Gasteiger partial charge in [-0.25, -0.2) is 4.98 Å². The van der Waals surface area contributed by atoms with Gasteiger partial charge in [0.2, 0.25) is 0 Å². The summed E-state index contributed by atoms with van der Waals surface area (Å²) in [6, 6.07) is 11.7. The van der Waals surface area contributed by atoms with E-state index in [-0.39, 0.29) is 11.4 Å². The maximum absolute atomic E-state index is 12.7. The van der Waals surface area contributed by atoms with Gasteiger partial charge in [-0.1, -0.05) is 12.1 Å². The summed E-state index contributed by atoms with van der Waals surface area (Å²) in [6.07, 6.45) is 1.86. The maximum atomic E-state index is 12.7. The second-order valence-corrected chi connectivity index (χ2v) is 8.63. The zero-order chi connectivity index (χ0) is 22.6. The van der Waals surface area contributed by atoms with E-state index in [0.29, 0.717) is 25.3 Å². The van der Waals surface area contributed by atoms with Crippen molar-refractivity contribution in [2.45, 2.75) is 39.8 Å². The molecule has 0 spiro atoms. The molecule has 0 aliphatic rings. The molecule has 166 valence electrons. The van der Waals surface area contributed by atoms with Crippen LogP contribution in [0.25, 0.3) is 5.65 Å². The van der Waals surface area contributed by atoms with E-state index in [9.17, 15) is 4.79 Å². The average molecular weight is 425 g/mol. The molecule has 7 heteroatoms. The lowest BCUT2D eigenvalue weighted by molar-refractivity contribution is 0.0919. The Kier molecular flexibility index (Phi) is 6.85. The Hall–Kier alpha value is -3.06. The molecule has 3 aromatic rings. The molecule has 2 aromatic heterocycles. The van der Waals surface area contributed by atoms with Gasteiger partial charge in [-0.15, -0.1) is 0 Å². The zero-order valence-corrected chi connectivity index (χ0v) is 19.2. The Labute approximate surface area is 184 Å². The number of aromatic nitrogens is 2. The lowest BCUT2D eigenvalue weighted by atomic mass is 10.1. The summed E-state index contributed by atoms with van der Waals surface area (Å²) in [5.74, 6) is 1.67. The summed E-state index contributed by atoms with van der Waals surface area (Å²) in [5, 5.41) is 3.02. The standard InChI is InChI=1S/C24H32N4O3/c1-17-23(27(13-14-30-5)15-18-7-10-20(31-6)11-8-18)28-16-19(9-12-21(28)25-17)22(29)26-24(2,3)4/h7-12,16H,13-15H2,1-6H3,(H,26,29). The minimum Gasteiger partial charge on any atom is -0.497 e. The molecular formula is C24H32N4O3. The number of fused-ring (bicyclic) bond motifs is 1. The number of nitrogens with one attached hydrogen (secondary N) is 1. The van der Waals surface area contributed by atoms with E-state index >= 15 is 0 Å². The van der Waals surface area contributed by atoms with Crippen molar-refractivity contribution >= 4 is 17.4 Å². The minimum absolute atomic E-state index is 0.106. The number of carbonyl (C=O) groups is 1. The third-order valence-electron chi connectivity index (χ3n) is 4.91. The Morgan fingerprint density at radius 3 is 2.45 bits per heavy atom. The van der Waals surface area contributed by atoms with Crippen molar-refractivity contribution in [2.75, 3.05) is 32.3 Å². The Morgan fingerprint density at radius 2 is 1.84 bits per heavy atom. The topological polar surface area (TPSA) is 68.1 Å². The molecule has 0 fully saturated rings. The van der Waals surface area contributed by atoms with Crippen LogP contribution in [0.4, 0.5) is 5.82 Å². The van der Waals surface area contributed by atoms with Gasteiger partial charge in [0, 0.05) is 31.9 Å². The van der Waals surface area contributed by atoms with Crippen molar-refractivity contribution in [2.24, 2.45) is 0 Å². The van der Waals surface area contributed by atoms with Crippen LogP contribution in [-0.2, 0) is 11.3 Å². The molecule has 0 radical (unpaired) electrons. The van der Waals surface area contributed by atoms with Crippen molar-refractivity contribution in [3.05, 3.63) is 59.4 Å². The van der Waals surface area contributed by atoms with Gasteiger partial charge < -0.3 is 19.7 Å². The number of ether oxygens (including phenoxy) is 2. The summed E-state index contributed by atoms with van der Waals surface area (Å²) in [7, 11) is 3.36. The van der Waals surface area contributed by atoms with Gasteiger partial charge in [0.1, 0.15) is 17.2 Å². The number of benzene rings is 1. The first-order valence-electron chi connectivity index (χ1n) is 10.4. The normalized spacial score (nSPS) is 11.5. The SMILES string of the molecule is COCCN(Cc1ccc(OC)cc1)c1c(C)nc2ccc(C(=O)NC(C)(C)C)cn12. The van der Waals surface area contributed by atoms with Crippen LogP contribution in [0.1, 0.15) is 42.4 Å². The number of rotatable bonds is 8. The van der Waals surface area contributed by atoms with E-state index in [1.807, 2.05) is 62.6 Å². The van der Waals surface area contributed by atoms with Crippen LogP contribution in [0.15, 0.2) is 42.6 Å². The highest BCUT2D eigenvalue weighted by atomic mass is 16.5. The van der Waals surface area contributed by atoms with Gasteiger partial charge in [-0.05, 0) is 57.5 Å². The van der Waals surface area contributed by atoms with Crippen LogP contribution < -0.4 is 15.0 Å². The van der Waals surface area contributed by atoms with Crippen LogP contribution in [0.5, 0.6) is 5.75 Å². The van der Waals surface area contributed by atoms with Crippen LogP contribution in [0, 0.1) is 6.92 Å². The number of carbonyl (C=O) groups excluding carboxylic acids is 1. The smallest absolute Gasteiger partial charge is 0.253 e. The number of hydrogen-bond donors (Lipinski definition) is 1. The first-order valence-corrected chi connectivity index (χ1v) is 10.4. The molecule has 1 N–H and O–H groups in total. The van der Waals surface area contributed by atoms with Crippen molar-refractivity contribution in [1.29, 1.82) is 0 Å². The third-order valence-corrected chi connectivity index (χ3v) is 4.91. The highest BCUT2D eigenvalue weighted by Crippen LogP contribution is 2.25. The lowest BCUT2D eigenvalue weighted by Crippen LogP contribution is -2.40. The summed E-state index contributed by atoms with van der Waals surface area (Å²) >= 11 is 0. The highest BCUT2D eigenvalue weighted by molar-refractivity contribution is 5.94. The number of amides is 1. The predicted molar refractivity (Wildman–Crippen MR) is 123 cm³/mol. The molecule has 2 heterocycles. The lowest BCUT2D eigenvalue weighted by Gasteiger charge is -2.25. The largest absolute Gasteiger partial charge is 0.497 e. The molecule has 3 rings (SSSR count). The van der Waals surface area contributed by atoms with E-state index in [2.05, 4.69) is 22.3 Å². The first-order chi connectivity index (χ1) is 14.7. The van der Waals surface area contributed by atoms with Crippen molar-refractivity contribution < 1.29 is 14.3 Å². The summed E-state index contributed by atoms with van der Waals surface area (Å²) < 4.78 is 12.6. The fourth-order valence-electron chi connectivity index (χ4n) is 3.49. The van der Waals surface area contributed by atoms with Crippen LogP contribution in [0.2, 0.25) is 0 Å². The average Bonchev–Trinajstić information content (AvgIpc) is 3.05. The molecule has 0 unspecified atom stereocenters. The Morgan fingerprint density at radius 1 is 1.13 bits per heavy atom. The van der Waals surface area contributed by atoms with E-state index in [1.165, 1.54) is 0 Å². The number of hydrogen-bond acceptors (Lipinski definition) is 5. The molecule has 1 amide bonds. The molecule has 0 aliphatic heterocycles. The molecule has 31 heavy (non-hydrogen) atoms. The number of anilines is 1. The molecule has 7 nitrogen and oxygen atoms in total. The molecule has 0 atom stereocenters. The van der Waals surface area contributed by atoms with Gasteiger partial charge in [0.15, 0.2) is 0 Å². The molecule has 0 bridgehead atoms. The molecule has 1 aromatic carbocycles. The number of methoxy groups -OCH3 is 2. The second kappa shape index (κ2) is 9.39. The Bertz CT molecular complexity index is 1040. The van der Waals surface area contributed by atoms with E-state index in [1.54, 1.807) is 14.2 Å². The number of nitrogens with zero attached hydrogens (tertiary/aromatic N) is 3. The molecule has 0 aliphatic carbocycles. The minimum atomic E-state index is -0.307. The van der Waals surface area contributed by atoms with Crippen LogP contribution in [-0.4, -0.2) is 48.2 Å². The van der Waals surface area contributed by atoms with Crippen LogP contribution >= 0.6 is 0 Å². The highest BCUT2D eigenvalue weighted by Gasteiger charge is 2.20. The second-order valence-electron chi connectivity index (χ2n) is 8.63. The van der Waals surface area contributed by atoms with Gasteiger partial charge in [0.25, 0.3) is 5.91 Å². The molecule has 0 saturated heterocycles. The molecule has 0 saturated carbocycles. The monoisotopic (exact) mass is 424 g/mol. The first kappa shape index (κ1) is 22.6. The third kappa shape index (κ3) is 5.55. The van der Waals surface area contributed by atoms with Gasteiger partial charge in [0.05, 0.1) is 25.0 Å². The predicted octanol–water partition coefficient (Wildman–Crippen LogP) is 3.83. The number of imidazole rings is 1. The van der Waals surface area contributed by atoms with Gasteiger partial charge in [-0.2, -0.15) is 0 Å². The van der Waals surface area contributed by atoms with E-state index in [4.69, 9.17) is 14.5 Å². The fourth-order valence-corrected chi connectivity index (χ4v) is 3.49. The Balaban J connectivity index is 1.99. The van der Waals surface area contributed by atoms with Crippen molar-refractivity contribution in [3.63, 3.8) is 0 Å². The summed E-state index contributed by atoms with van der Waals surface area (Å²) in [6.45, 7) is 9.85. The van der Waals surface area contributed by atoms with E-state index < -0.39 is 0 Å². The van der Waals surface area contributed by atoms with E-state index in [0.717, 1.165) is 28.5 Å². The summed E-state index contributed by atoms with van der Waals surface area (Å²) in [4.78, 5) is 19.7. The summed E-state index contributed by atoms with van der Waals surface area (Å²) in [5.41, 5.74) is 3.14. The van der Waals surface area contributed by atoms with Crippen molar-refractivity contribution in [1.82, 2.24) is 14.7 Å². The molecular weight excluding hydrogens is 392 g/mol. The quantitative estimate of drug-likeness (QED) is 0.595. The van der Waals surface area contributed by atoms with Crippen LogP contribution in [0.3, 0.4) is 0 Å². The maximum Gasteiger partial charge on any atom is 0.253 e. The number of pyridine rings is 1. The van der Waals surface area contributed by atoms with Gasteiger partial charge in [-0.3, -0.25) is 9.20 Å². The zero-order valence-electron chi connectivity index (χ0n) is 19.2. The van der Waals surface area contributed by atoms with Crippen molar-refractivity contribution in [3.8, 4) is 5.75 Å².